The van der Waals surface area contributed by atoms with E-state index in [1.807, 2.05) is 17.2 Å². The number of anilines is 1. The van der Waals surface area contributed by atoms with Crippen molar-refractivity contribution < 1.29 is 4.79 Å². The maximum Gasteiger partial charge on any atom is 0.219 e. The molecule has 1 saturated heterocycles. The molecule has 29 heavy (non-hydrogen) atoms. The molecule has 1 aliphatic heterocycles. The molecule has 0 radical (unpaired) electrons. The summed E-state index contributed by atoms with van der Waals surface area (Å²) in [5, 5.41) is 12.2. The van der Waals surface area contributed by atoms with Crippen LogP contribution in [-0.4, -0.2) is 56.4 Å². The van der Waals surface area contributed by atoms with Crippen molar-refractivity contribution in [3.63, 3.8) is 0 Å². The number of fused-ring (bicyclic) bond motifs is 1. The smallest absolute Gasteiger partial charge is 0.219 e. The van der Waals surface area contributed by atoms with Crippen molar-refractivity contribution in [1.29, 1.82) is 0 Å². The van der Waals surface area contributed by atoms with Crippen molar-refractivity contribution in [3.8, 4) is 11.4 Å². The molecule has 3 heterocycles. The van der Waals surface area contributed by atoms with Gasteiger partial charge in [-0.05, 0) is 43.8 Å². The second-order valence-corrected chi connectivity index (χ2v) is 9.69. The fourth-order valence-electron chi connectivity index (χ4n) is 4.32. The molecule has 1 fully saturated rings. The molecule has 1 amide bonds. The molecule has 0 spiro atoms. The van der Waals surface area contributed by atoms with E-state index in [0.717, 1.165) is 67.6 Å². The molecule has 0 unspecified atom stereocenters. The van der Waals surface area contributed by atoms with E-state index in [9.17, 15) is 4.79 Å². The molecule has 1 aliphatic carbocycles. The van der Waals surface area contributed by atoms with Crippen LogP contribution in [0.4, 0.5) is 5.82 Å². The predicted molar refractivity (Wildman–Crippen MR) is 116 cm³/mol. The van der Waals surface area contributed by atoms with Crippen molar-refractivity contribution in [2.45, 2.75) is 64.1 Å². The molecule has 2 aliphatic rings. The fourth-order valence-corrected chi connectivity index (χ4v) is 4.70. The number of nitrogens with one attached hydrogen (secondary N) is 2. The van der Waals surface area contributed by atoms with E-state index in [2.05, 4.69) is 34.3 Å². The molecule has 0 saturated carbocycles. The lowest BCUT2D eigenvalue weighted by molar-refractivity contribution is -0.129. The van der Waals surface area contributed by atoms with Gasteiger partial charge in [-0.2, -0.15) is 5.10 Å². The third-order valence-electron chi connectivity index (χ3n) is 6.08. The largest absolute Gasteiger partial charge is 0.367 e. The second kappa shape index (κ2) is 7.97. The van der Waals surface area contributed by atoms with Crippen molar-refractivity contribution >= 4 is 23.5 Å². The normalized spacial score (nSPS) is 19.1. The number of rotatable bonds is 4. The van der Waals surface area contributed by atoms with Gasteiger partial charge < -0.3 is 10.2 Å². The number of likely N-dealkylation sites (tertiary alicyclic amines) is 1. The highest BCUT2D eigenvalue weighted by atomic mass is 32.2. The van der Waals surface area contributed by atoms with E-state index in [-0.39, 0.29) is 5.91 Å². The Kier molecular flexibility index (Phi) is 5.55. The lowest BCUT2D eigenvalue weighted by atomic mass is 9.76. The molecule has 7 nitrogen and oxygen atoms in total. The van der Waals surface area contributed by atoms with Gasteiger partial charge in [0.2, 0.25) is 5.91 Å². The summed E-state index contributed by atoms with van der Waals surface area (Å²) >= 11 is 1.54. The third-order valence-corrected chi connectivity index (χ3v) is 6.63. The van der Waals surface area contributed by atoms with Crippen molar-refractivity contribution in [2.24, 2.45) is 5.41 Å². The summed E-state index contributed by atoms with van der Waals surface area (Å²) in [4.78, 5) is 22.9. The summed E-state index contributed by atoms with van der Waals surface area (Å²) < 4.78 is 0. The minimum absolute atomic E-state index is 0.156. The molecule has 0 bridgehead atoms. The number of aromatic nitrogens is 4. The summed E-state index contributed by atoms with van der Waals surface area (Å²) in [5.74, 6) is 0.998. The molecule has 0 atom stereocenters. The number of aromatic amines is 1. The molecule has 156 valence electrons. The number of hydrogen-bond acceptors (Lipinski definition) is 6. The summed E-state index contributed by atoms with van der Waals surface area (Å²) in [6.45, 7) is 7.85. The Bertz CT molecular complexity index is 901. The zero-order valence-corrected chi connectivity index (χ0v) is 18.5. The first-order chi connectivity index (χ1) is 13.8. The van der Waals surface area contributed by atoms with Crippen LogP contribution < -0.4 is 5.32 Å². The van der Waals surface area contributed by atoms with Gasteiger partial charge in [0.05, 0.1) is 5.69 Å². The van der Waals surface area contributed by atoms with E-state index < -0.39 is 0 Å². The quantitative estimate of drug-likeness (QED) is 0.588. The lowest BCUT2D eigenvalue weighted by Gasteiger charge is -2.32. The first-order valence-corrected chi connectivity index (χ1v) is 11.6. The maximum atomic E-state index is 11.6. The average Bonchev–Trinajstić information content (AvgIpc) is 3.10. The van der Waals surface area contributed by atoms with Crippen LogP contribution >= 0.6 is 11.8 Å². The Hall–Kier alpha value is -2.09. The van der Waals surface area contributed by atoms with E-state index in [1.54, 1.807) is 18.7 Å². The Morgan fingerprint density at radius 1 is 1.31 bits per heavy atom. The van der Waals surface area contributed by atoms with Crippen LogP contribution in [0.3, 0.4) is 0 Å². The number of nitrogens with zero attached hydrogens (tertiary/aromatic N) is 4. The minimum atomic E-state index is 0.156. The van der Waals surface area contributed by atoms with Crippen LogP contribution in [-0.2, 0) is 17.6 Å². The van der Waals surface area contributed by atoms with Gasteiger partial charge in [0.15, 0.2) is 5.16 Å². The standard InChI is InChI=1S/C21H30N6OS/c1-13(28)27-9-6-14(7-10-27)22-18-11-16(23-20(24-18)29-4)19-15-5-8-21(2,3)12-17(15)25-26-19/h11,14H,5-10,12H2,1-4H3,(H,25,26)(H,22,23,24). The number of piperidine rings is 1. The van der Waals surface area contributed by atoms with Gasteiger partial charge in [-0.25, -0.2) is 9.97 Å². The van der Waals surface area contributed by atoms with Crippen molar-refractivity contribution in [2.75, 3.05) is 24.7 Å². The zero-order valence-electron chi connectivity index (χ0n) is 17.7. The SMILES string of the molecule is CSc1nc(NC2CCN(C(C)=O)CC2)cc(-c2n[nH]c3c2CCC(C)(C)C3)n1. The van der Waals surface area contributed by atoms with Gasteiger partial charge >= 0.3 is 0 Å². The molecule has 8 heteroatoms. The first kappa shape index (κ1) is 20.2. The highest BCUT2D eigenvalue weighted by Crippen LogP contribution is 2.38. The van der Waals surface area contributed by atoms with Crippen molar-refractivity contribution in [3.05, 3.63) is 17.3 Å². The van der Waals surface area contributed by atoms with Crippen LogP contribution in [0.5, 0.6) is 0 Å². The number of amides is 1. The summed E-state index contributed by atoms with van der Waals surface area (Å²) in [6.07, 6.45) is 7.07. The lowest BCUT2D eigenvalue weighted by Crippen LogP contribution is -2.41. The van der Waals surface area contributed by atoms with Gasteiger partial charge in [-0.15, -0.1) is 0 Å². The molecule has 2 N–H and O–H groups in total. The molecule has 2 aromatic rings. The highest BCUT2D eigenvalue weighted by molar-refractivity contribution is 7.98. The Morgan fingerprint density at radius 3 is 2.76 bits per heavy atom. The van der Waals surface area contributed by atoms with Gasteiger partial charge in [0, 0.05) is 43.4 Å². The maximum absolute atomic E-state index is 11.6. The fraction of sp³-hybridized carbons (Fsp3) is 0.619. The Balaban J connectivity index is 1.56. The van der Waals surface area contributed by atoms with E-state index >= 15 is 0 Å². The number of thioether (sulfide) groups is 1. The number of carbonyl (C=O) groups excluding carboxylic acids is 1. The number of hydrogen-bond donors (Lipinski definition) is 2. The van der Waals surface area contributed by atoms with E-state index in [1.165, 1.54) is 11.3 Å². The minimum Gasteiger partial charge on any atom is -0.367 e. The summed E-state index contributed by atoms with van der Waals surface area (Å²) in [6, 6.07) is 2.34. The Labute approximate surface area is 176 Å². The summed E-state index contributed by atoms with van der Waals surface area (Å²) in [7, 11) is 0. The van der Waals surface area contributed by atoms with Crippen LogP contribution in [0.2, 0.25) is 0 Å². The average molecular weight is 415 g/mol. The predicted octanol–water partition coefficient (Wildman–Crippen LogP) is 3.53. The first-order valence-electron chi connectivity index (χ1n) is 10.4. The van der Waals surface area contributed by atoms with E-state index in [0.29, 0.717) is 11.5 Å². The van der Waals surface area contributed by atoms with Gasteiger partial charge in [-0.3, -0.25) is 9.89 Å². The van der Waals surface area contributed by atoms with Gasteiger partial charge in [-0.1, -0.05) is 25.6 Å². The van der Waals surface area contributed by atoms with E-state index in [4.69, 9.17) is 4.98 Å². The zero-order chi connectivity index (χ0) is 20.6. The number of carbonyl (C=O) groups is 1. The second-order valence-electron chi connectivity index (χ2n) is 8.92. The molecule has 2 aromatic heterocycles. The van der Waals surface area contributed by atoms with Crippen LogP contribution in [0.1, 0.15) is 51.3 Å². The molecular weight excluding hydrogens is 384 g/mol. The van der Waals surface area contributed by atoms with Crippen LogP contribution in [0, 0.1) is 5.41 Å². The van der Waals surface area contributed by atoms with Crippen molar-refractivity contribution in [1.82, 2.24) is 25.1 Å². The Morgan fingerprint density at radius 2 is 2.07 bits per heavy atom. The topological polar surface area (TPSA) is 86.8 Å². The summed E-state index contributed by atoms with van der Waals surface area (Å²) in [5.41, 5.74) is 4.70. The number of H-pyrrole nitrogens is 1. The van der Waals surface area contributed by atoms with Crippen LogP contribution in [0.15, 0.2) is 11.2 Å². The third kappa shape index (κ3) is 4.42. The molecule has 4 rings (SSSR count). The highest BCUT2D eigenvalue weighted by Gasteiger charge is 2.30. The molecular formula is C21H30N6OS. The van der Waals surface area contributed by atoms with Gasteiger partial charge in [0.25, 0.3) is 0 Å². The molecule has 0 aromatic carbocycles. The van der Waals surface area contributed by atoms with Gasteiger partial charge in [0.1, 0.15) is 11.5 Å². The monoisotopic (exact) mass is 414 g/mol. The van der Waals surface area contributed by atoms with Crippen LogP contribution in [0.25, 0.3) is 11.4 Å².